The summed E-state index contributed by atoms with van der Waals surface area (Å²) in [4.78, 5) is 16.5. The minimum absolute atomic E-state index is 0.0116. The van der Waals surface area contributed by atoms with Crippen LogP contribution in [-0.4, -0.2) is 35.0 Å². The van der Waals surface area contributed by atoms with Gasteiger partial charge in [0.25, 0.3) is 5.91 Å². The maximum absolute atomic E-state index is 12.4. The fourth-order valence-corrected chi connectivity index (χ4v) is 3.58. The number of pyridine rings is 1. The van der Waals surface area contributed by atoms with Crippen molar-refractivity contribution in [3.63, 3.8) is 0 Å². The number of rotatable bonds is 5. The van der Waals surface area contributed by atoms with E-state index in [-0.39, 0.29) is 5.91 Å². The van der Waals surface area contributed by atoms with Crippen LogP contribution in [0.3, 0.4) is 0 Å². The van der Waals surface area contributed by atoms with Gasteiger partial charge in [0.05, 0.1) is 0 Å². The van der Waals surface area contributed by atoms with Gasteiger partial charge in [-0.25, -0.2) is 4.98 Å². The minimum Gasteiger partial charge on any atom is -0.370 e. The molecule has 4 nitrogen and oxygen atoms in total. The first-order chi connectivity index (χ1) is 9.74. The molecule has 1 amide bonds. The predicted octanol–water partition coefficient (Wildman–Crippen LogP) is 2.92. The van der Waals surface area contributed by atoms with Gasteiger partial charge in [-0.15, -0.1) is 0 Å². The maximum atomic E-state index is 12.4. The molecular formula is C15H23N3OS. The number of amides is 1. The summed E-state index contributed by atoms with van der Waals surface area (Å²) in [6, 6.07) is 3.88. The van der Waals surface area contributed by atoms with Crippen molar-refractivity contribution in [2.45, 2.75) is 43.9 Å². The molecule has 1 aliphatic rings. The lowest BCUT2D eigenvalue weighted by atomic mass is 9.94. The highest BCUT2D eigenvalue weighted by Gasteiger charge is 2.26. The molecule has 1 fully saturated rings. The lowest BCUT2D eigenvalue weighted by Crippen LogP contribution is -2.43. The Morgan fingerprint density at radius 1 is 1.45 bits per heavy atom. The molecule has 110 valence electrons. The summed E-state index contributed by atoms with van der Waals surface area (Å²) in [7, 11) is 0. The molecule has 0 bridgehead atoms. The third-order valence-electron chi connectivity index (χ3n) is 3.70. The standard InChI is InChI=1S/C15H23N3OS/c1-3-16-14-10-11(8-9-17-14)15(19)18-12-6-4-5-7-13(12)20-2/h8-10,12-13H,3-7H2,1-2H3,(H,16,17)(H,18,19). The number of nitrogens with zero attached hydrogens (tertiary/aromatic N) is 1. The number of anilines is 1. The van der Waals surface area contributed by atoms with Gasteiger partial charge in [-0.05, 0) is 38.2 Å². The van der Waals surface area contributed by atoms with Crippen LogP contribution in [-0.2, 0) is 0 Å². The molecule has 1 aromatic heterocycles. The largest absolute Gasteiger partial charge is 0.370 e. The topological polar surface area (TPSA) is 54.0 Å². The van der Waals surface area contributed by atoms with Gasteiger partial charge in [0, 0.05) is 29.6 Å². The van der Waals surface area contributed by atoms with E-state index in [1.165, 1.54) is 19.3 Å². The van der Waals surface area contributed by atoms with E-state index in [9.17, 15) is 4.79 Å². The number of aromatic nitrogens is 1. The van der Waals surface area contributed by atoms with E-state index in [0.717, 1.165) is 18.8 Å². The van der Waals surface area contributed by atoms with E-state index in [2.05, 4.69) is 21.9 Å². The molecule has 2 atom stereocenters. The summed E-state index contributed by atoms with van der Waals surface area (Å²) in [6.07, 6.45) is 8.58. The van der Waals surface area contributed by atoms with Gasteiger partial charge >= 0.3 is 0 Å². The zero-order chi connectivity index (χ0) is 14.4. The summed E-state index contributed by atoms with van der Waals surface area (Å²) in [5.41, 5.74) is 0.682. The number of thioether (sulfide) groups is 1. The molecule has 0 saturated heterocycles. The van der Waals surface area contributed by atoms with Crippen LogP contribution in [0.2, 0.25) is 0 Å². The van der Waals surface area contributed by atoms with E-state index in [4.69, 9.17) is 0 Å². The third kappa shape index (κ3) is 3.88. The molecule has 1 heterocycles. The van der Waals surface area contributed by atoms with Gasteiger partial charge in [0.2, 0.25) is 0 Å². The average molecular weight is 293 g/mol. The summed E-state index contributed by atoms with van der Waals surface area (Å²) in [6.45, 7) is 2.81. The zero-order valence-electron chi connectivity index (χ0n) is 12.2. The highest BCUT2D eigenvalue weighted by molar-refractivity contribution is 7.99. The van der Waals surface area contributed by atoms with Gasteiger partial charge in [-0.2, -0.15) is 11.8 Å². The summed E-state index contributed by atoms with van der Waals surface area (Å²) in [5.74, 6) is 0.766. The molecule has 0 aromatic carbocycles. The molecule has 1 aromatic rings. The highest BCUT2D eigenvalue weighted by Crippen LogP contribution is 2.27. The molecule has 20 heavy (non-hydrogen) atoms. The van der Waals surface area contributed by atoms with E-state index in [1.807, 2.05) is 24.8 Å². The summed E-state index contributed by atoms with van der Waals surface area (Å²) < 4.78 is 0. The molecule has 2 unspecified atom stereocenters. The average Bonchev–Trinajstić information content (AvgIpc) is 2.48. The van der Waals surface area contributed by atoms with Crippen LogP contribution in [0.1, 0.15) is 43.0 Å². The molecule has 1 saturated carbocycles. The number of hydrogen-bond acceptors (Lipinski definition) is 4. The zero-order valence-corrected chi connectivity index (χ0v) is 13.0. The van der Waals surface area contributed by atoms with E-state index in [1.54, 1.807) is 12.3 Å². The SMILES string of the molecule is CCNc1cc(C(=O)NC2CCCCC2SC)ccn1. The predicted molar refractivity (Wildman–Crippen MR) is 85.4 cm³/mol. The van der Waals surface area contributed by atoms with Crippen molar-refractivity contribution in [2.24, 2.45) is 0 Å². The van der Waals surface area contributed by atoms with Gasteiger partial charge in [0.15, 0.2) is 0 Å². The number of nitrogens with one attached hydrogen (secondary N) is 2. The summed E-state index contributed by atoms with van der Waals surface area (Å²) >= 11 is 1.86. The van der Waals surface area contributed by atoms with E-state index >= 15 is 0 Å². The first-order valence-electron chi connectivity index (χ1n) is 7.28. The molecule has 0 aliphatic heterocycles. The Hall–Kier alpha value is -1.23. The van der Waals surface area contributed by atoms with Crippen LogP contribution < -0.4 is 10.6 Å². The second-order valence-corrected chi connectivity index (χ2v) is 6.18. The van der Waals surface area contributed by atoms with Gasteiger partial charge in [0.1, 0.15) is 5.82 Å². The lowest BCUT2D eigenvalue weighted by molar-refractivity contribution is 0.0929. The quantitative estimate of drug-likeness (QED) is 0.876. The van der Waals surface area contributed by atoms with Gasteiger partial charge in [-0.1, -0.05) is 12.8 Å². The Balaban J connectivity index is 2.01. The van der Waals surface area contributed by atoms with Gasteiger partial charge < -0.3 is 10.6 Å². The van der Waals surface area contributed by atoms with E-state index < -0.39 is 0 Å². The molecule has 0 radical (unpaired) electrons. The van der Waals surface area contributed by atoms with Crippen LogP contribution >= 0.6 is 11.8 Å². The van der Waals surface area contributed by atoms with Crippen molar-refractivity contribution in [2.75, 3.05) is 18.1 Å². The van der Waals surface area contributed by atoms with Crippen LogP contribution in [0.5, 0.6) is 0 Å². The van der Waals surface area contributed by atoms with Gasteiger partial charge in [-0.3, -0.25) is 4.79 Å². The lowest BCUT2D eigenvalue weighted by Gasteiger charge is -2.30. The number of carbonyl (C=O) groups is 1. The molecule has 5 heteroatoms. The van der Waals surface area contributed by atoms with Crippen LogP contribution in [0.25, 0.3) is 0 Å². The fourth-order valence-electron chi connectivity index (χ4n) is 2.65. The number of hydrogen-bond donors (Lipinski definition) is 2. The first kappa shape index (κ1) is 15.2. The fraction of sp³-hybridized carbons (Fsp3) is 0.600. The van der Waals surface area contributed by atoms with Crippen molar-refractivity contribution in [1.29, 1.82) is 0 Å². The second-order valence-electron chi connectivity index (χ2n) is 5.10. The van der Waals surface area contributed by atoms with Crippen molar-refractivity contribution in [3.8, 4) is 0 Å². The minimum atomic E-state index is 0.0116. The van der Waals surface area contributed by atoms with Crippen molar-refractivity contribution in [3.05, 3.63) is 23.9 Å². The summed E-state index contributed by atoms with van der Waals surface area (Å²) in [5, 5.41) is 6.87. The molecule has 1 aliphatic carbocycles. The van der Waals surface area contributed by atoms with E-state index in [0.29, 0.717) is 16.9 Å². The Morgan fingerprint density at radius 2 is 2.25 bits per heavy atom. The highest BCUT2D eigenvalue weighted by atomic mass is 32.2. The van der Waals surface area contributed by atoms with Crippen molar-refractivity contribution < 1.29 is 4.79 Å². The Morgan fingerprint density at radius 3 is 3.00 bits per heavy atom. The molecular weight excluding hydrogens is 270 g/mol. The first-order valence-corrected chi connectivity index (χ1v) is 8.57. The molecule has 0 spiro atoms. The second kappa shape index (κ2) is 7.53. The Bertz CT molecular complexity index is 452. The normalized spacial score (nSPS) is 22.3. The van der Waals surface area contributed by atoms with Crippen LogP contribution in [0.4, 0.5) is 5.82 Å². The van der Waals surface area contributed by atoms with Crippen molar-refractivity contribution in [1.82, 2.24) is 10.3 Å². The smallest absolute Gasteiger partial charge is 0.251 e. The number of carbonyl (C=O) groups excluding carboxylic acids is 1. The van der Waals surface area contributed by atoms with Crippen LogP contribution in [0, 0.1) is 0 Å². The van der Waals surface area contributed by atoms with Crippen LogP contribution in [0.15, 0.2) is 18.3 Å². The Labute approximate surface area is 125 Å². The Kier molecular flexibility index (Phi) is 5.71. The maximum Gasteiger partial charge on any atom is 0.251 e. The third-order valence-corrected chi connectivity index (χ3v) is 4.87. The molecule has 2 rings (SSSR count). The monoisotopic (exact) mass is 293 g/mol. The molecule has 2 N–H and O–H groups in total. The van der Waals surface area contributed by atoms with Crippen molar-refractivity contribution >= 4 is 23.5 Å².